The van der Waals surface area contributed by atoms with E-state index in [0.717, 1.165) is 30.6 Å². The van der Waals surface area contributed by atoms with Gasteiger partial charge in [0.15, 0.2) is 0 Å². The molecular weight excluding hydrogens is 318 g/mol. The minimum absolute atomic E-state index is 0.000939. The lowest BCUT2D eigenvalue weighted by atomic mass is 10.0. The second kappa shape index (κ2) is 9.91. The molecule has 3 amide bonds. The molecule has 2 N–H and O–H groups in total. The molecule has 6 heteroatoms. The van der Waals surface area contributed by atoms with Crippen LogP contribution in [0.3, 0.4) is 0 Å². The molecule has 25 heavy (non-hydrogen) atoms. The van der Waals surface area contributed by atoms with Crippen LogP contribution in [0.25, 0.3) is 0 Å². The lowest BCUT2D eigenvalue weighted by Crippen LogP contribution is -2.49. The maximum absolute atomic E-state index is 12.2. The third-order valence-electron chi connectivity index (χ3n) is 4.27. The van der Waals surface area contributed by atoms with Crippen molar-refractivity contribution in [3.63, 3.8) is 0 Å². The number of piperidine rings is 1. The molecule has 0 aliphatic carbocycles. The zero-order valence-corrected chi connectivity index (χ0v) is 15.2. The molecule has 6 nitrogen and oxygen atoms in total. The minimum Gasteiger partial charge on any atom is -0.494 e. The van der Waals surface area contributed by atoms with Crippen molar-refractivity contribution in [2.75, 3.05) is 26.2 Å². The number of likely N-dealkylation sites (tertiary alicyclic amines) is 1. The molecule has 0 saturated carbocycles. The molecule has 1 fully saturated rings. The van der Waals surface area contributed by atoms with Crippen LogP contribution < -0.4 is 15.4 Å². The Morgan fingerprint density at radius 1 is 1.16 bits per heavy atom. The number of carbonyl (C=O) groups excluding carboxylic acids is 2. The monoisotopic (exact) mass is 347 g/mol. The standard InChI is InChI=1S/C19H29N3O3/c1-3-11-20-19(24)22-12-9-16(10-13-22)21-18(23)14-15-5-7-17(8-6-15)25-4-2/h5-8,16H,3-4,9-14H2,1-2H3,(H,20,24)(H,21,23). The van der Waals surface area contributed by atoms with E-state index in [0.29, 0.717) is 32.7 Å². The number of hydrogen-bond donors (Lipinski definition) is 2. The Morgan fingerprint density at radius 3 is 2.44 bits per heavy atom. The first kappa shape index (κ1) is 19.1. The van der Waals surface area contributed by atoms with Crippen LogP contribution in [-0.4, -0.2) is 49.1 Å². The third kappa shape index (κ3) is 6.29. The van der Waals surface area contributed by atoms with Crippen LogP contribution in [0.5, 0.6) is 5.75 Å². The first-order valence-corrected chi connectivity index (χ1v) is 9.16. The normalized spacial score (nSPS) is 14.9. The zero-order valence-electron chi connectivity index (χ0n) is 15.2. The highest BCUT2D eigenvalue weighted by Crippen LogP contribution is 2.14. The minimum atomic E-state index is 0.000939. The van der Waals surface area contributed by atoms with E-state index in [1.165, 1.54) is 0 Å². The summed E-state index contributed by atoms with van der Waals surface area (Å²) in [5.74, 6) is 0.846. The first-order chi connectivity index (χ1) is 12.1. The number of nitrogens with zero attached hydrogens (tertiary/aromatic N) is 1. The summed E-state index contributed by atoms with van der Waals surface area (Å²) in [5, 5.41) is 5.97. The van der Waals surface area contributed by atoms with Crippen molar-refractivity contribution in [3.05, 3.63) is 29.8 Å². The quantitative estimate of drug-likeness (QED) is 0.795. The van der Waals surface area contributed by atoms with E-state index in [1.54, 1.807) is 0 Å². The van der Waals surface area contributed by atoms with Gasteiger partial charge in [-0.2, -0.15) is 0 Å². The van der Waals surface area contributed by atoms with Gasteiger partial charge in [-0.15, -0.1) is 0 Å². The maximum Gasteiger partial charge on any atom is 0.317 e. The van der Waals surface area contributed by atoms with E-state index >= 15 is 0 Å². The smallest absolute Gasteiger partial charge is 0.317 e. The second-order valence-corrected chi connectivity index (χ2v) is 6.31. The summed E-state index contributed by atoms with van der Waals surface area (Å²) in [7, 11) is 0. The maximum atomic E-state index is 12.2. The van der Waals surface area contributed by atoms with Crippen LogP contribution in [0.4, 0.5) is 4.79 Å². The SMILES string of the molecule is CCCNC(=O)N1CCC(NC(=O)Cc2ccc(OCC)cc2)CC1. The topological polar surface area (TPSA) is 70.7 Å². The molecule has 1 heterocycles. The van der Waals surface area contributed by atoms with E-state index in [-0.39, 0.29) is 18.0 Å². The van der Waals surface area contributed by atoms with Crippen LogP contribution in [0.15, 0.2) is 24.3 Å². The molecule has 0 bridgehead atoms. The molecule has 0 atom stereocenters. The van der Waals surface area contributed by atoms with Crippen LogP contribution in [0, 0.1) is 0 Å². The number of amides is 3. The van der Waals surface area contributed by atoms with Crippen molar-refractivity contribution in [2.45, 2.75) is 45.6 Å². The predicted octanol–water partition coefficient (Wildman–Crippen LogP) is 2.33. The number of ether oxygens (including phenoxy) is 1. The molecule has 0 aromatic heterocycles. The van der Waals surface area contributed by atoms with Gasteiger partial charge in [0, 0.05) is 25.7 Å². The lowest BCUT2D eigenvalue weighted by molar-refractivity contribution is -0.121. The van der Waals surface area contributed by atoms with Gasteiger partial charge in [0.05, 0.1) is 13.0 Å². The van der Waals surface area contributed by atoms with Crippen molar-refractivity contribution in [2.24, 2.45) is 0 Å². The Bertz CT molecular complexity index is 552. The van der Waals surface area contributed by atoms with Crippen molar-refractivity contribution in [1.29, 1.82) is 0 Å². The molecule has 2 rings (SSSR count). The molecular formula is C19H29N3O3. The van der Waals surface area contributed by atoms with Crippen LogP contribution in [0.2, 0.25) is 0 Å². The number of carbonyl (C=O) groups is 2. The first-order valence-electron chi connectivity index (χ1n) is 9.16. The van der Waals surface area contributed by atoms with Crippen molar-refractivity contribution >= 4 is 11.9 Å². The Kier molecular flexibility index (Phi) is 7.57. The fourth-order valence-corrected chi connectivity index (χ4v) is 2.90. The summed E-state index contributed by atoms with van der Waals surface area (Å²) in [6.07, 6.45) is 2.90. The number of nitrogens with one attached hydrogen (secondary N) is 2. The fraction of sp³-hybridized carbons (Fsp3) is 0.579. The molecule has 0 spiro atoms. The van der Waals surface area contributed by atoms with Crippen LogP contribution in [-0.2, 0) is 11.2 Å². The summed E-state index contributed by atoms with van der Waals surface area (Å²) in [4.78, 5) is 26.0. The molecule has 1 aliphatic heterocycles. The van der Waals surface area contributed by atoms with Gasteiger partial charge in [-0.25, -0.2) is 4.79 Å². The number of rotatable bonds is 7. The zero-order chi connectivity index (χ0) is 18.1. The summed E-state index contributed by atoms with van der Waals surface area (Å²) < 4.78 is 5.40. The van der Waals surface area contributed by atoms with Crippen molar-refractivity contribution < 1.29 is 14.3 Å². The Morgan fingerprint density at radius 2 is 1.84 bits per heavy atom. The van der Waals surface area contributed by atoms with Gasteiger partial charge in [0.1, 0.15) is 5.75 Å². The molecule has 0 unspecified atom stereocenters. The molecule has 1 aromatic carbocycles. The van der Waals surface area contributed by atoms with E-state index < -0.39 is 0 Å². The fourth-order valence-electron chi connectivity index (χ4n) is 2.90. The average molecular weight is 347 g/mol. The highest BCUT2D eigenvalue weighted by molar-refractivity contribution is 5.79. The highest BCUT2D eigenvalue weighted by atomic mass is 16.5. The van der Waals surface area contributed by atoms with Gasteiger partial charge in [-0.3, -0.25) is 4.79 Å². The molecule has 138 valence electrons. The largest absolute Gasteiger partial charge is 0.494 e. The molecule has 1 aromatic rings. The van der Waals surface area contributed by atoms with Gasteiger partial charge < -0.3 is 20.3 Å². The number of urea groups is 1. The predicted molar refractivity (Wildman–Crippen MR) is 97.7 cm³/mol. The highest BCUT2D eigenvalue weighted by Gasteiger charge is 2.23. The van der Waals surface area contributed by atoms with E-state index in [1.807, 2.05) is 43.0 Å². The summed E-state index contributed by atoms with van der Waals surface area (Å²) in [5.41, 5.74) is 0.970. The van der Waals surface area contributed by atoms with E-state index in [4.69, 9.17) is 4.74 Å². The second-order valence-electron chi connectivity index (χ2n) is 6.31. The summed E-state index contributed by atoms with van der Waals surface area (Å²) in [6, 6.07) is 7.77. The van der Waals surface area contributed by atoms with Gasteiger partial charge >= 0.3 is 6.03 Å². The third-order valence-corrected chi connectivity index (χ3v) is 4.27. The van der Waals surface area contributed by atoms with Crippen LogP contribution in [0.1, 0.15) is 38.7 Å². The van der Waals surface area contributed by atoms with Gasteiger partial charge in [-0.1, -0.05) is 19.1 Å². The van der Waals surface area contributed by atoms with Crippen molar-refractivity contribution in [3.8, 4) is 5.75 Å². The van der Waals surface area contributed by atoms with Gasteiger partial charge in [0.2, 0.25) is 5.91 Å². The Labute approximate surface area is 149 Å². The summed E-state index contributed by atoms with van der Waals surface area (Å²) >= 11 is 0. The Hall–Kier alpha value is -2.24. The van der Waals surface area contributed by atoms with E-state index in [9.17, 15) is 9.59 Å². The van der Waals surface area contributed by atoms with Gasteiger partial charge in [0.25, 0.3) is 0 Å². The molecule has 1 saturated heterocycles. The number of hydrogen-bond acceptors (Lipinski definition) is 3. The Balaban J connectivity index is 1.72. The van der Waals surface area contributed by atoms with Crippen molar-refractivity contribution in [1.82, 2.24) is 15.5 Å². The lowest BCUT2D eigenvalue weighted by Gasteiger charge is -2.32. The molecule has 0 radical (unpaired) electrons. The van der Waals surface area contributed by atoms with E-state index in [2.05, 4.69) is 10.6 Å². The average Bonchev–Trinajstić information content (AvgIpc) is 2.62. The van der Waals surface area contributed by atoms with Gasteiger partial charge in [-0.05, 0) is 43.9 Å². The summed E-state index contributed by atoms with van der Waals surface area (Å²) in [6.45, 7) is 6.69. The number of benzene rings is 1. The van der Waals surface area contributed by atoms with Crippen LogP contribution >= 0.6 is 0 Å². The molecule has 1 aliphatic rings.